The number of ketones is 1. The van der Waals surface area contributed by atoms with Gasteiger partial charge in [-0.25, -0.2) is 8.42 Å². The SMILES string of the molecule is CC(=O)c1ccc(N2CCN(C(=O)C3CN(S(=O)(=O)C4CC4)C3)CC2)cc1. The zero-order chi connectivity index (χ0) is 19.2. The van der Waals surface area contributed by atoms with Crippen LogP contribution in [0.5, 0.6) is 0 Å². The first-order valence-corrected chi connectivity index (χ1v) is 11.0. The standard InChI is InChI=1S/C19H25N3O4S/c1-14(23)15-2-4-17(5-3-15)20-8-10-21(11-9-20)19(24)16-12-22(13-16)27(25,26)18-6-7-18/h2-5,16,18H,6-13H2,1H3. The molecule has 0 N–H and O–H groups in total. The van der Waals surface area contributed by atoms with E-state index in [2.05, 4.69) is 4.90 Å². The van der Waals surface area contributed by atoms with E-state index in [1.807, 2.05) is 29.2 Å². The van der Waals surface area contributed by atoms with E-state index in [1.54, 1.807) is 6.92 Å². The number of piperazine rings is 1. The lowest BCUT2D eigenvalue weighted by atomic mass is 10.0. The Morgan fingerprint density at radius 3 is 2.07 bits per heavy atom. The maximum absolute atomic E-state index is 12.6. The number of sulfonamides is 1. The number of anilines is 1. The highest BCUT2D eigenvalue weighted by atomic mass is 32.2. The first-order valence-electron chi connectivity index (χ1n) is 9.50. The molecule has 1 aliphatic carbocycles. The zero-order valence-corrected chi connectivity index (χ0v) is 16.3. The normalized spacial score (nSPS) is 21.8. The summed E-state index contributed by atoms with van der Waals surface area (Å²) in [6, 6.07) is 7.55. The first-order chi connectivity index (χ1) is 12.9. The van der Waals surface area contributed by atoms with Gasteiger partial charge in [0.2, 0.25) is 15.9 Å². The molecule has 4 rings (SSSR count). The molecule has 0 aromatic heterocycles. The molecule has 0 bridgehead atoms. The van der Waals surface area contributed by atoms with Gasteiger partial charge in [0, 0.05) is 50.5 Å². The Morgan fingerprint density at radius 1 is 0.963 bits per heavy atom. The molecule has 3 fully saturated rings. The molecule has 1 aromatic carbocycles. The monoisotopic (exact) mass is 391 g/mol. The number of carbonyl (C=O) groups excluding carboxylic acids is 2. The Labute approximate surface area is 160 Å². The third-order valence-corrected chi connectivity index (χ3v) is 8.06. The van der Waals surface area contributed by atoms with Gasteiger partial charge in [0.1, 0.15) is 0 Å². The van der Waals surface area contributed by atoms with Crippen molar-refractivity contribution in [2.24, 2.45) is 5.92 Å². The molecular weight excluding hydrogens is 366 g/mol. The summed E-state index contributed by atoms with van der Waals surface area (Å²) in [6.07, 6.45) is 1.51. The molecule has 0 atom stereocenters. The second kappa shape index (κ2) is 6.91. The lowest BCUT2D eigenvalue weighted by molar-refractivity contribution is -0.139. The molecule has 2 aliphatic heterocycles. The van der Waals surface area contributed by atoms with Crippen molar-refractivity contribution in [1.82, 2.24) is 9.21 Å². The van der Waals surface area contributed by atoms with Gasteiger partial charge in [-0.2, -0.15) is 4.31 Å². The fourth-order valence-corrected chi connectivity index (χ4v) is 5.66. The maximum atomic E-state index is 12.6. The molecule has 2 saturated heterocycles. The number of carbonyl (C=O) groups is 2. The first kappa shape index (κ1) is 18.4. The number of amides is 1. The predicted octanol–water partition coefficient (Wildman–Crippen LogP) is 0.962. The van der Waals surface area contributed by atoms with E-state index in [9.17, 15) is 18.0 Å². The molecule has 27 heavy (non-hydrogen) atoms. The molecule has 3 aliphatic rings. The highest BCUT2D eigenvalue weighted by Crippen LogP contribution is 2.35. The fourth-order valence-electron chi connectivity index (χ4n) is 3.73. The molecule has 1 amide bonds. The summed E-state index contributed by atoms with van der Waals surface area (Å²) in [7, 11) is -3.15. The van der Waals surface area contributed by atoms with E-state index in [0.717, 1.165) is 31.6 Å². The number of Topliss-reactive ketones (excluding diaryl/α,β-unsaturated/α-hetero) is 1. The van der Waals surface area contributed by atoms with Crippen LogP contribution < -0.4 is 4.90 Å². The maximum Gasteiger partial charge on any atom is 0.228 e. The van der Waals surface area contributed by atoms with Crippen LogP contribution in [0.2, 0.25) is 0 Å². The zero-order valence-electron chi connectivity index (χ0n) is 15.5. The number of benzene rings is 1. The van der Waals surface area contributed by atoms with E-state index < -0.39 is 10.0 Å². The molecule has 146 valence electrons. The van der Waals surface area contributed by atoms with E-state index in [4.69, 9.17) is 0 Å². The molecule has 2 heterocycles. The molecule has 0 radical (unpaired) electrons. The molecule has 0 unspecified atom stereocenters. The molecular formula is C19H25N3O4S. The van der Waals surface area contributed by atoms with Gasteiger partial charge in [-0.1, -0.05) is 0 Å². The topological polar surface area (TPSA) is 78.0 Å². The third-order valence-electron chi connectivity index (χ3n) is 5.73. The molecule has 8 heteroatoms. The van der Waals surface area contributed by atoms with Crippen molar-refractivity contribution in [2.75, 3.05) is 44.2 Å². The number of nitrogens with zero attached hydrogens (tertiary/aromatic N) is 3. The van der Waals surface area contributed by atoms with Crippen LogP contribution in [-0.2, 0) is 14.8 Å². The van der Waals surface area contributed by atoms with Crippen LogP contribution in [0.3, 0.4) is 0 Å². The molecule has 7 nitrogen and oxygen atoms in total. The van der Waals surface area contributed by atoms with Gasteiger partial charge >= 0.3 is 0 Å². The van der Waals surface area contributed by atoms with Crippen LogP contribution >= 0.6 is 0 Å². The van der Waals surface area contributed by atoms with Crippen molar-refractivity contribution in [3.8, 4) is 0 Å². The minimum absolute atomic E-state index is 0.0511. The Bertz CT molecular complexity index is 834. The van der Waals surface area contributed by atoms with Crippen LogP contribution in [0.4, 0.5) is 5.69 Å². The summed E-state index contributed by atoms with van der Waals surface area (Å²) >= 11 is 0. The van der Waals surface area contributed by atoms with Gasteiger partial charge in [-0.15, -0.1) is 0 Å². The van der Waals surface area contributed by atoms with Gasteiger partial charge in [-0.3, -0.25) is 9.59 Å². The van der Waals surface area contributed by atoms with Crippen LogP contribution in [0.1, 0.15) is 30.1 Å². The van der Waals surface area contributed by atoms with Gasteiger partial charge in [-0.05, 0) is 44.0 Å². The fraction of sp³-hybridized carbons (Fsp3) is 0.579. The van der Waals surface area contributed by atoms with Crippen molar-refractivity contribution in [1.29, 1.82) is 0 Å². The van der Waals surface area contributed by atoms with Crippen molar-refractivity contribution in [2.45, 2.75) is 25.0 Å². The summed E-state index contributed by atoms with van der Waals surface area (Å²) in [5.74, 6) is -0.0704. The Balaban J connectivity index is 1.28. The smallest absolute Gasteiger partial charge is 0.228 e. The van der Waals surface area contributed by atoms with Crippen LogP contribution in [0.25, 0.3) is 0 Å². The second-order valence-corrected chi connectivity index (χ2v) is 9.89. The Kier molecular flexibility index (Phi) is 4.71. The Hall–Kier alpha value is -1.93. The molecule has 1 aromatic rings. The van der Waals surface area contributed by atoms with Crippen LogP contribution in [0.15, 0.2) is 24.3 Å². The highest BCUT2D eigenvalue weighted by molar-refractivity contribution is 7.90. The van der Waals surface area contributed by atoms with E-state index in [-0.39, 0.29) is 22.9 Å². The van der Waals surface area contributed by atoms with Crippen molar-refractivity contribution >= 4 is 27.4 Å². The minimum Gasteiger partial charge on any atom is -0.368 e. The highest BCUT2D eigenvalue weighted by Gasteiger charge is 2.47. The minimum atomic E-state index is -3.15. The largest absolute Gasteiger partial charge is 0.368 e. The molecule has 1 saturated carbocycles. The van der Waals surface area contributed by atoms with Crippen molar-refractivity contribution < 1.29 is 18.0 Å². The second-order valence-electron chi connectivity index (χ2n) is 7.67. The van der Waals surface area contributed by atoms with Gasteiger partial charge in [0.25, 0.3) is 0 Å². The average Bonchev–Trinajstić information content (AvgIpc) is 3.46. The van der Waals surface area contributed by atoms with E-state index >= 15 is 0 Å². The Morgan fingerprint density at radius 2 is 1.56 bits per heavy atom. The lowest BCUT2D eigenvalue weighted by Gasteiger charge is -2.42. The van der Waals surface area contributed by atoms with Crippen molar-refractivity contribution in [3.05, 3.63) is 29.8 Å². The average molecular weight is 391 g/mol. The van der Waals surface area contributed by atoms with Gasteiger partial charge < -0.3 is 9.80 Å². The summed E-state index contributed by atoms with van der Waals surface area (Å²) in [5.41, 5.74) is 1.75. The van der Waals surface area contributed by atoms with Gasteiger partial charge in [0.05, 0.1) is 11.2 Å². The molecule has 0 spiro atoms. The van der Waals surface area contributed by atoms with Crippen LogP contribution in [-0.4, -0.2) is 73.8 Å². The third kappa shape index (κ3) is 3.60. The van der Waals surface area contributed by atoms with E-state index in [0.29, 0.717) is 31.7 Å². The van der Waals surface area contributed by atoms with Gasteiger partial charge in [0.15, 0.2) is 5.78 Å². The van der Waals surface area contributed by atoms with Crippen molar-refractivity contribution in [3.63, 3.8) is 0 Å². The number of hydrogen-bond donors (Lipinski definition) is 0. The predicted molar refractivity (Wildman–Crippen MR) is 102 cm³/mol. The summed E-state index contributed by atoms with van der Waals surface area (Å²) in [5, 5.41) is -0.202. The summed E-state index contributed by atoms with van der Waals surface area (Å²) < 4.78 is 25.8. The number of hydrogen-bond acceptors (Lipinski definition) is 5. The summed E-state index contributed by atoms with van der Waals surface area (Å²) in [4.78, 5) is 28.1. The number of rotatable bonds is 5. The van der Waals surface area contributed by atoms with E-state index in [1.165, 1.54) is 4.31 Å². The lowest BCUT2D eigenvalue weighted by Crippen LogP contribution is -2.59. The quantitative estimate of drug-likeness (QED) is 0.699. The summed E-state index contributed by atoms with van der Waals surface area (Å²) in [6.45, 7) is 4.98. The van der Waals surface area contributed by atoms with Crippen LogP contribution in [0, 0.1) is 5.92 Å².